The molecule has 2 unspecified atom stereocenters. The number of hydrogen-bond donors (Lipinski definition) is 0. The molecule has 0 saturated carbocycles. The molecule has 0 N–H and O–H groups in total. The highest BCUT2D eigenvalue weighted by Crippen LogP contribution is 2.51. The van der Waals surface area contributed by atoms with Gasteiger partial charge in [-0.25, -0.2) is 8.97 Å². The van der Waals surface area contributed by atoms with Crippen LogP contribution in [-0.2, 0) is 0 Å². The van der Waals surface area contributed by atoms with E-state index in [0.29, 0.717) is 0 Å². The van der Waals surface area contributed by atoms with Gasteiger partial charge >= 0.3 is 0 Å². The minimum Gasteiger partial charge on any atom is -0.241 e. The summed E-state index contributed by atoms with van der Waals surface area (Å²) < 4.78 is 2.45. The van der Waals surface area contributed by atoms with Gasteiger partial charge < -0.3 is 0 Å². The normalized spacial score (nSPS) is 65.0. The van der Waals surface area contributed by atoms with Gasteiger partial charge in [0.2, 0.25) is 13.0 Å². The first-order chi connectivity index (χ1) is 6.27. The highest BCUT2D eigenvalue weighted by Gasteiger charge is 2.78. The van der Waals surface area contributed by atoms with Crippen LogP contribution in [0.25, 0.3) is 0 Å². The predicted octanol–water partition coefficient (Wildman–Crippen LogP) is -1.02. The molecule has 6 heterocycles. The van der Waals surface area contributed by atoms with Gasteiger partial charge in [-0.3, -0.25) is 0 Å². The van der Waals surface area contributed by atoms with E-state index in [9.17, 15) is 0 Å². The zero-order valence-electron chi connectivity index (χ0n) is 7.69. The summed E-state index contributed by atoms with van der Waals surface area (Å²) in [7, 11) is 0. The lowest BCUT2D eigenvalue weighted by atomic mass is 10.1. The first-order valence-electron chi connectivity index (χ1n) is 4.90. The van der Waals surface area contributed by atoms with Crippen LogP contribution in [0.15, 0.2) is 0 Å². The van der Waals surface area contributed by atoms with Crippen molar-refractivity contribution in [2.24, 2.45) is 0 Å². The third-order valence-electron chi connectivity index (χ3n) is 4.04. The first-order valence-corrected chi connectivity index (χ1v) is 4.90. The topological polar surface area (TPSA) is 6.48 Å². The van der Waals surface area contributed by atoms with E-state index in [4.69, 9.17) is 6.42 Å². The Bertz CT molecular complexity index is 315. The smallest absolute Gasteiger partial charge is 0.229 e. The van der Waals surface area contributed by atoms with Crippen molar-refractivity contribution in [3.8, 4) is 12.3 Å². The summed E-state index contributed by atoms with van der Waals surface area (Å²) in [4.78, 5) is 5.15. The fourth-order valence-corrected chi connectivity index (χ4v) is 4.04. The summed E-state index contributed by atoms with van der Waals surface area (Å²) in [6.45, 7) is 7.18. The molecule has 0 aromatic heterocycles. The summed E-state index contributed by atoms with van der Waals surface area (Å²) in [6.07, 6.45) is 6.21. The molecule has 1 spiro atoms. The fourth-order valence-electron chi connectivity index (χ4n) is 4.04. The Hall–Kier alpha value is -0.600. The third kappa shape index (κ3) is 0.535. The number of rotatable bonds is 1. The molecule has 6 saturated heterocycles. The quantitative estimate of drug-likeness (QED) is 0.375. The van der Waals surface area contributed by atoms with Crippen LogP contribution in [-0.4, -0.2) is 64.9 Å². The van der Waals surface area contributed by atoms with Crippen molar-refractivity contribution in [1.29, 1.82) is 0 Å². The Morgan fingerprint density at radius 3 is 2.46 bits per heavy atom. The average molecular weight is 178 g/mol. The van der Waals surface area contributed by atoms with E-state index in [1.165, 1.54) is 37.8 Å². The van der Waals surface area contributed by atoms with Gasteiger partial charge in [-0.1, -0.05) is 0 Å². The standard InChI is InChI=1S/C9H14N4/c1-2-3-12-4-10-6-13(8-12)7-11(5-12)9(10)13/h1,9H,3-8H2/q+2. The summed E-state index contributed by atoms with van der Waals surface area (Å²) in [6, 6.07) is 0. The highest BCUT2D eigenvalue weighted by atomic mass is 16.0. The van der Waals surface area contributed by atoms with Crippen LogP contribution in [0.5, 0.6) is 0 Å². The number of nitrogens with zero attached hydrogens (tertiary/aromatic N) is 4. The van der Waals surface area contributed by atoms with Crippen LogP contribution >= 0.6 is 0 Å². The second-order valence-electron chi connectivity index (χ2n) is 5.15. The molecule has 2 atom stereocenters. The molecular formula is C9H14N4+2. The van der Waals surface area contributed by atoms with Gasteiger partial charge in [-0.05, 0) is 5.92 Å². The third-order valence-corrected chi connectivity index (χ3v) is 4.04. The molecule has 0 aliphatic carbocycles. The zero-order valence-corrected chi connectivity index (χ0v) is 7.69. The monoisotopic (exact) mass is 178 g/mol. The van der Waals surface area contributed by atoms with Gasteiger partial charge in [0.05, 0.1) is 0 Å². The summed E-state index contributed by atoms with van der Waals surface area (Å²) in [5.41, 5.74) is 0. The maximum atomic E-state index is 5.45. The average Bonchev–Trinajstić information content (AvgIpc) is 2.00. The van der Waals surface area contributed by atoms with Gasteiger partial charge in [-0.15, -0.1) is 16.2 Å². The van der Waals surface area contributed by atoms with Crippen LogP contribution in [0.4, 0.5) is 0 Å². The molecule has 4 nitrogen and oxygen atoms in total. The van der Waals surface area contributed by atoms with E-state index in [2.05, 4.69) is 15.7 Å². The second-order valence-corrected chi connectivity index (χ2v) is 5.15. The molecule has 6 aliphatic heterocycles. The van der Waals surface area contributed by atoms with Crippen LogP contribution in [0.1, 0.15) is 0 Å². The Morgan fingerprint density at radius 1 is 1.23 bits per heavy atom. The number of terminal acetylenes is 1. The molecule has 6 rings (SSSR count). The van der Waals surface area contributed by atoms with E-state index in [1.54, 1.807) is 0 Å². The molecule has 5 bridgehead atoms. The molecule has 6 fully saturated rings. The summed E-state index contributed by atoms with van der Waals surface area (Å²) >= 11 is 0. The van der Waals surface area contributed by atoms with Crippen molar-refractivity contribution in [2.75, 3.05) is 39.9 Å². The summed E-state index contributed by atoms with van der Waals surface area (Å²) in [5, 5.41) is 0. The van der Waals surface area contributed by atoms with Gasteiger partial charge in [0, 0.05) is 0 Å². The van der Waals surface area contributed by atoms with Gasteiger partial charge in [0.1, 0.15) is 6.54 Å². The lowest BCUT2D eigenvalue weighted by molar-refractivity contribution is -1.26. The number of quaternary nitrogens is 2. The molecule has 0 radical (unpaired) electrons. The Labute approximate surface area is 78.1 Å². The molecule has 13 heavy (non-hydrogen) atoms. The van der Waals surface area contributed by atoms with Gasteiger partial charge in [-0.2, -0.15) is 0 Å². The maximum Gasteiger partial charge on any atom is 0.229 e. The van der Waals surface area contributed by atoms with E-state index < -0.39 is 0 Å². The van der Waals surface area contributed by atoms with Gasteiger partial charge in [0.15, 0.2) is 26.7 Å². The zero-order chi connectivity index (χ0) is 8.68. The van der Waals surface area contributed by atoms with Crippen molar-refractivity contribution in [2.45, 2.75) is 6.29 Å². The molecule has 0 aromatic rings. The molecular weight excluding hydrogens is 164 g/mol. The first kappa shape index (κ1) is 6.80. The Morgan fingerprint density at radius 2 is 1.92 bits per heavy atom. The molecule has 0 aromatic carbocycles. The van der Waals surface area contributed by atoms with Crippen molar-refractivity contribution in [1.82, 2.24) is 9.80 Å². The Kier molecular flexibility index (Phi) is 0.858. The molecule has 0 amide bonds. The fraction of sp³-hybridized carbons (Fsp3) is 0.778. The van der Waals surface area contributed by atoms with Crippen LogP contribution < -0.4 is 0 Å². The van der Waals surface area contributed by atoms with Crippen molar-refractivity contribution in [3.63, 3.8) is 0 Å². The molecule has 6 aliphatic rings. The predicted molar refractivity (Wildman–Crippen MR) is 46.0 cm³/mol. The van der Waals surface area contributed by atoms with Crippen LogP contribution in [0.3, 0.4) is 0 Å². The van der Waals surface area contributed by atoms with Crippen molar-refractivity contribution in [3.05, 3.63) is 0 Å². The number of hydrogen-bond acceptors (Lipinski definition) is 2. The minimum absolute atomic E-state index is 0.762. The maximum absolute atomic E-state index is 5.45. The van der Waals surface area contributed by atoms with Crippen LogP contribution in [0, 0.1) is 12.3 Å². The Balaban J connectivity index is 1.75. The minimum atomic E-state index is 0.762. The van der Waals surface area contributed by atoms with Gasteiger partial charge in [0.25, 0.3) is 0 Å². The summed E-state index contributed by atoms with van der Waals surface area (Å²) in [5.74, 6) is 2.84. The lowest BCUT2D eigenvalue weighted by Gasteiger charge is -2.78. The lowest BCUT2D eigenvalue weighted by Crippen LogP contribution is -3.03. The van der Waals surface area contributed by atoms with Crippen molar-refractivity contribution >= 4 is 0 Å². The van der Waals surface area contributed by atoms with Crippen LogP contribution in [0.2, 0.25) is 0 Å². The largest absolute Gasteiger partial charge is 0.241 e. The SMILES string of the molecule is C#CC[N+]12CN3C[N+]4(CN(C1)C34)C2. The molecule has 4 heteroatoms. The van der Waals surface area contributed by atoms with E-state index in [1.807, 2.05) is 0 Å². The van der Waals surface area contributed by atoms with Crippen molar-refractivity contribution < 1.29 is 8.97 Å². The van der Waals surface area contributed by atoms with E-state index in [0.717, 1.165) is 17.3 Å². The van der Waals surface area contributed by atoms with E-state index >= 15 is 0 Å². The molecule has 68 valence electrons. The van der Waals surface area contributed by atoms with E-state index in [-0.39, 0.29) is 0 Å². The second kappa shape index (κ2) is 1.64. The highest BCUT2D eigenvalue weighted by molar-refractivity contribution is 4.89.